The van der Waals surface area contributed by atoms with Crippen LogP contribution < -0.4 is 26.0 Å². The van der Waals surface area contributed by atoms with E-state index in [4.69, 9.17) is 0 Å². The molecular weight excluding hydrogens is 428 g/mol. The number of para-hydroxylation sites is 1. The van der Waals surface area contributed by atoms with Gasteiger partial charge in [-0.1, -0.05) is 18.2 Å². The van der Waals surface area contributed by atoms with Gasteiger partial charge in [-0.2, -0.15) is 0 Å². The molecule has 1 amide bonds. The fourth-order valence-corrected chi connectivity index (χ4v) is 5.90. The van der Waals surface area contributed by atoms with Crippen molar-refractivity contribution in [1.29, 1.82) is 0 Å². The Morgan fingerprint density at radius 3 is 2.15 bits per heavy atom. The van der Waals surface area contributed by atoms with Crippen molar-refractivity contribution >= 4 is 23.0 Å². The molecule has 5 rings (SSSR count). The molecular formula is C27H36N4O3. The van der Waals surface area contributed by atoms with Crippen molar-refractivity contribution < 1.29 is 4.79 Å². The smallest absolute Gasteiger partial charge is 0.253 e. The van der Waals surface area contributed by atoms with E-state index >= 15 is 0 Å². The molecule has 34 heavy (non-hydrogen) atoms. The van der Waals surface area contributed by atoms with Crippen LogP contribution in [0.1, 0.15) is 44.9 Å². The third-order valence-corrected chi connectivity index (χ3v) is 8.03. The molecule has 0 radical (unpaired) electrons. The molecule has 2 saturated heterocycles. The van der Waals surface area contributed by atoms with Gasteiger partial charge in [0, 0.05) is 57.4 Å². The van der Waals surface area contributed by atoms with Gasteiger partial charge in [0.2, 0.25) is 5.91 Å². The highest BCUT2D eigenvalue weighted by Crippen LogP contribution is 2.32. The molecule has 2 heterocycles. The van der Waals surface area contributed by atoms with Gasteiger partial charge in [0.05, 0.1) is 0 Å². The Balaban J connectivity index is 1.07. The molecule has 2 aliphatic heterocycles. The Morgan fingerprint density at radius 2 is 1.47 bits per heavy atom. The first-order valence-corrected chi connectivity index (χ1v) is 13.0. The molecule has 0 spiro atoms. The van der Waals surface area contributed by atoms with Crippen molar-refractivity contribution in [1.82, 2.24) is 4.90 Å². The number of amides is 1. The average Bonchev–Trinajstić information content (AvgIpc) is 2.91. The van der Waals surface area contributed by atoms with E-state index in [9.17, 15) is 14.4 Å². The number of piperidine rings is 1. The van der Waals surface area contributed by atoms with Crippen LogP contribution in [0.15, 0.2) is 39.9 Å². The highest BCUT2D eigenvalue weighted by atomic mass is 16.2. The first kappa shape index (κ1) is 22.9. The lowest BCUT2D eigenvalue weighted by atomic mass is 9.81. The molecule has 1 aliphatic carbocycles. The number of hydrogen-bond donors (Lipinski definition) is 1. The molecule has 7 nitrogen and oxygen atoms in total. The SMILES string of the molecule is O=C(C1CCC(CNc2c(N3CCCCC3)c(=O)c2=O)CC1)N1CCN(c2ccccc2)CC1. The molecule has 3 aliphatic rings. The number of carbonyl (C=O) groups excluding carboxylic acids is 1. The molecule has 2 aromatic rings. The van der Waals surface area contributed by atoms with Crippen LogP contribution in [0.25, 0.3) is 0 Å². The van der Waals surface area contributed by atoms with Crippen LogP contribution in [-0.2, 0) is 4.79 Å². The summed E-state index contributed by atoms with van der Waals surface area (Å²) in [6, 6.07) is 10.4. The van der Waals surface area contributed by atoms with Crippen molar-refractivity contribution in [2.75, 3.05) is 60.9 Å². The van der Waals surface area contributed by atoms with Gasteiger partial charge >= 0.3 is 0 Å². The molecule has 2 aromatic carbocycles. The third kappa shape index (κ3) is 4.70. The summed E-state index contributed by atoms with van der Waals surface area (Å²) in [5, 5.41) is 3.31. The number of nitrogens with one attached hydrogen (secondary N) is 1. The largest absolute Gasteiger partial charge is 0.380 e. The Bertz CT molecular complexity index is 1040. The summed E-state index contributed by atoms with van der Waals surface area (Å²) in [5.41, 5.74) is 1.68. The maximum Gasteiger partial charge on any atom is 0.253 e. The molecule has 3 fully saturated rings. The summed E-state index contributed by atoms with van der Waals surface area (Å²) in [4.78, 5) is 43.9. The maximum atomic E-state index is 13.1. The van der Waals surface area contributed by atoms with Gasteiger partial charge in [0.25, 0.3) is 10.9 Å². The normalized spacial score (nSPS) is 23.8. The van der Waals surface area contributed by atoms with Crippen LogP contribution in [0, 0.1) is 11.8 Å². The van der Waals surface area contributed by atoms with E-state index in [1.165, 1.54) is 12.1 Å². The van der Waals surface area contributed by atoms with Crippen molar-refractivity contribution in [3.8, 4) is 0 Å². The summed E-state index contributed by atoms with van der Waals surface area (Å²) in [6.45, 7) is 5.80. The first-order chi connectivity index (χ1) is 16.6. The van der Waals surface area contributed by atoms with Crippen LogP contribution in [0.2, 0.25) is 0 Å². The van der Waals surface area contributed by atoms with Crippen LogP contribution in [0.4, 0.5) is 17.1 Å². The van der Waals surface area contributed by atoms with Crippen LogP contribution in [0.5, 0.6) is 0 Å². The van der Waals surface area contributed by atoms with Crippen molar-refractivity contribution in [2.45, 2.75) is 44.9 Å². The van der Waals surface area contributed by atoms with Gasteiger partial charge in [-0.15, -0.1) is 0 Å². The highest BCUT2D eigenvalue weighted by Gasteiger charge is 2.32. The molecule has 1 N–H and O–H groups in total. The number of rotatable bonds is 6. The van der Waals surface area contributed by atoms with Gasteiger partial charge < -0.3 is 20.0 Å². The molecule has 0 atom stereocenters. The Hall–Kier alpha value is -2.83. The number of nitrogens with zero attached hydrogens (tertiary/aromatic N) is 3. The number of benzene rings is 1. The minimum absolute atomic E-state index is 0.120. The minimum Gasteiger partial charge on any atom is -0.380 e. The zero-order chi connectivity index (χ0) is 23.5. The highest BCUT2D eigenvalue weighted by molar-refractivity contribution is 5.79. The van der Waals surface area contributed by atoms with E-state index in [0.717, 1.165) is 77.8 Å². The minimum atomic E-state index is -0.362. The topological polar surface area (TPSA) is 73.0 Å². The van der Waals surface area contributed by atoms with E-state index in [1.54, 1.807) is 0 Å². The third-order valence-electron chi connectivity index (χ3n) is 8.03. The van der Waals surface area contributed by atoms with E-state index in [1.807, 2.05) is 6.07 Å². The molecule has 0 bridgehead atoms. The number of carbonyl (C=O) groups is 1. The van der Waals surface area contributed by atoms with E-state index in [-0.39, 0.29) is 16.8 Å². The van der Waals surface area contributed by atoms with Crippen LogP contribution in [0.3, 0.4) is 0 Å². The predicted octanol–water partition coefficient (Wildman–Crippen LogP) is 2.84. The van der Waals surface area contributed by atoms with Gasteiger partial charge in [-0.05, 0) is 63.0 Å². The van der Waals surface area contributed by atoms with Gasteiger partial charge in [0.1, 0.15) is 11.4 Å². The van der Waals surface area contributed by atoms with Crippen molar-refractivity contribution in [3.63, 3.8) is 0 Å². The van der Waals surface area contributed by atoms with Crippen LogP contribution in [-0.4, -0.2) is 56.6 Å². The van der Waals surface area contributed by atoms with Gasteiger partial charge in [-0.3, -0.25) is 14.4 Å². The fraction of sp³-hybridized carbons (Fsp3) is 0.593. The van der Waals surface area contributed by atoms with Gasteiger partial charge in [-0.25, -0.2) is 0 Å². The zero-order valence-corrected chi connectivity index (χ0v) is 20.0. The first-order valence-electron chi connectivity index (χ1n) is 13.0. The molecule has 7 heteroatoms. The molecule has 1 saturated carbocycles. The Morgan fingerprint density at radius 1 is 0.794 bits per heavy atom. The summed E-state index contributed by atoms with van der Waals surface area (Å²) in [7, 11) is 0. The van der Waals surface area contributed by atoms with Crippen molar-refractivity contribution in [3.05, 3.63) is 50.8 Å². The molecule has 182 valence electrons. The van der Waals surface area contributed by atoms with Crippen molar-refractivity contribution in [2.24, 2.45) is 11.8 Å². The number of anilines is 3. The second-order valence-electron chi connectivity index (χ2n) is 10.2. The average molecular weight is 465 g/mol. The second kappa shape index (κ2) is 10.2. The quantitative estimate of drug-likeness (QED) is 0.663. The number of piperazine rings is 1. The van der Waals surface area contributed by atoms with E-state index in [0.29, 0.717) is 29.7 Å². The predicted molar refractivity (Wildman–Crippen MR) is 137 cm³/mol. The van der Waals surface area contributed by atoms with E-state index < -0.39 is 0 Å². The lowest BCUT2D eigenvalue weighted by molar-refractivity contribution is -0.137. The lowest BCUT2D eigenvalue weighted by Crippen LogP contribution is -2.50. The Kier molecular flexibility index (Phi) is 6.88. The second-order valence-corrected chi connectivity index (χ2v) is 10.2. The summed E-state index contributed by atoms with van der Waals surface area (Å²) in [5.74, 6) is 0.876. The monoisotopic (exact) mass is 464 g/mol. The summed E-state index contributed by atoms with van der Waals surface area (Å²) < 4.78 is 0. The number of hydrogen-bond acceptors (Lipinski definition) is 6. The maximum absolute atomic E-state index is 13.1. The standard InChI is InChI=1S/C27H36N4O3/c32-25-23(24(26(25)33)30-13-5-2-6-14-30)28-19-20-9-11-21(12-10-20)27(34)31-17-15-29(16-18-31)22-7-3-1-4-8-22/h1,3-4,7-8,20-21,28H,2,5-6,9-19H2. The summed E-state index contributed by atoms with van der Waals surface area (Å²) >= 11 is 0. The van der Waals surface area contributed by atoms with Gasteiger partial charge in [0.15, 0.2) is 0 Å². The lowest BCUT2D eigenvalue weighted by Gasteiger charge is -2.39. The summed E-state index contributed by atoms with van der Waals surface area (Å²) in [6.07, 6.45) is 7.15. The Labute approximate surface area is 201 Å². The molecule has 0 unspecified atom stereocenters. The zero-order valence-electron chi connectivity index (χ0n) is 20.0. The van der Waals surface area contributed by atoms with Crippen LogP contribution >= 0.6 is 0 Å². The molecule has 0 aromatic heterocycles. The van der Waals surface area contributed by atoms with E-state index in [2.05, 4.69) is 44.3 Å². The fourth-order valence-electron chi connectivity index (χ4n) is 5.90.